The number of amides is 1. The van der Waals surface area contributed by atoms with Gasteiger partial charge in [-0.3, -0.25) is 9.36 Å². The van der Waals surface area contributed by atoms with Gasteiger partial charge in [-0.1, -0.05) is 22.9 Å². The molecule has 0 radical (unpaired) electrons. The number of fused-ring (bicyclic) bond motifs is 1. The minimum Gasteiger partial charge on any atom is -0.308 e. The average Bonchev–Trinajstić information content (AvgIpc) is 3.28. The van der Waals surface area contributed by atoms with Crippen molar-refractivity contribution >= 4 is 57.1 Å². The lowest BCUT2D eigenvalue weighted by atomic mass is 10.1. The molecule has 0 atom stereocenters. The lowest BCUT2D eigenvalue weighted by Gasteiger charge is -2.14. The van der Waals surface area contributed by atoms with Crippen molar-refractivity contribution in [2.75, 3.05) is 5.32 Å². The number of tetrazole rings is 1. The average molecular weight is 552 g/mol. The third-order valence-corrected chi connectivity index (χ3v) is 5.96. The molecule has 12 heteroatoms. The maximum atomic E-state index is 13.8. The van der Waals surface area contributed by atoms with E-state index in [1.807, 2.05) is 28.8 Å². The maximum absolute atomic E-state index is 13.8. The molecule has 3 heterocycles. The zero-order valence-corrected chi connectivity index (χ0v) is 19.8. The summed E-state index contributed by atoms with van der Waals surface area (Å²) in [5, 5.41) is 15.0. The first-order chi connectivity index (χ1) is 14.7. The van der Waals surface area contributed by atoms with Crippen LogP contribution in [-0.2, 0) is 17.6 Å². The molecule has 9 nitrogen and oxygen atoms in total. The molecular formula is C19H18FIN8OS. The Morgan fingerprint density at radius 1 is 1.26 bits per heavy atom. The van der Waals surface area contributed by atoms with E-state index >= 15 is 0 Å². The van der Waals surface area contributed by atoms with Gasteiger partial charge in [0.1, 0.15) is 5.82 Å². The van der Waals surface area contributed by atoms with Crippen LogP contribution in [0, 0.1) is 3.57 Å². The first kappa shape index (κ1) is 21.6. The van der Waals surface area contributed by atoms with E-state index in [0.29, 0.717) is 28.4 Å². The zero-order chi connectivity index (χ0) is 22.2. The molecule has 0 aliphatic carbocycles. The number of aromatic nitrogens is 7. The number of hydrogen-bond donors (Lipinski definition) is 1. The van der Waals surface area contributed by atoms with Crippen molar-refractivity contribution in [2.45, 2.75) is 30.4 Å². The number of hydrogen-bond acceptors (Lipinski definition) is 7. The van der Waals surface area contributed by atoms with Crippen LogP contribution < -0.4 is 5.32 Å². The van der Waals surface area contributed by atoms with E-state index in [1.165, 1.54) is 25.6 Å². The monoisotopic (exact) mass is 552 g/mol. The molecule has 0 fully saturated rings. The summed E-state index contributed by atoms with van der Waals surface area (Å²) in [6.45, 7) is 2.41. The normalized spacial score (nSPS) is 11.8. The van der Waals surface area contributed by atoms with Gasteiger partial charge in [0.2, 0.25) is 0 Å². The zero-order valence-electron chi connectivity index (χ0n) is 16.9. The van der Waals surface area contributed by atoms with Crippen molar-refractivity contribution in [1.82, 2.24) is 34.7 Å². The van der Waals surface area contributed by atoms with Crippen LogP contribution in [-0.4, -0.2) is 46.3 Å². The molecule has 0 unspecified atom stereocenters. The van der Waals surface area contributed by atoms with Crippen LogP contribution in [0.4, 0.5) is 10.2 Å². The molecular weight excluding hydrogens is 534 g/mol. The summed E-state index contributed by atoms with van der Waals surface area (Å²) in [4.78, 5) is 21.0. The Balaban J connectivity index is 1.62. The molecule has 4 rings (SSSR count). The highest BCUT2D eigenvalue weighted by Crippen LogP contribution is 2.30. The Morgan fingerprint density at radius 2 is 2.06 bits per heavy atom. The Labute approximate surface area is 195 Å². The fourth-order valence-corrected chi connectivity index (χ4v) is 4.15. The summed E-state index contributed by atoms with van der Waals surface area (Å²) >= 11 is 3.72. The SMILES string of the molecule is Cn1nnnc1-n1c(SCc2cccc(NC(=O)C(C)(C)F)n2)nc2ccc(I)cc21. The third kappa shape index (κ3) is 4.69. The van der Waals surface area contributed by atoms with E-state index in [1.54, 1.807) is 23.9 Å². The molecule has 1 aromatic carbocycles. The number of nitrogens with zero attached hydrogens (tertiary/aromatic N) is 7. The first-order valence-corrected chi connectivity index (χ1v) is 11.3. The molecule has 1 N–H and O–H groups in total. The van der Waals surface area contributed by atoms with Gasteiger partial charge in [-0.15, -0.1) is 0 Å². The van der Waals surface area contributed by atoms with E-state index in [4.69, 9.17) is 4.98 Å². The number of rotatable bonds is 6. The number of alkyl halides is 1. The predicted molar refractivity (Wildman–Crippen MR) is 124 cm³/mol. The summed E-state index contributed by atoms with van der Waals surface area (Å²) in [7, 11) is 1.77. The lowest BCUT2D eigenvalue weighted by molar-refractivity contribution is -0.125. The Bertz CT molecular complexity index is 1270. The smallest absolute Gasteiger partial charge is 0.262 e. The topological polar surface area (TPSA) is 103 Å². The van der Waals surface area contributed by atoms with Crippen LogP contribution in [0.25, 0.3) is 17.0 Å². The van der Waals surface area contributed by atoms with E-state index in [2.05, 4.69) is 48.4 Å². The molecule has 0 saturated carbocycles. The number of aryl methyl sites for hydroxylation is 1. The highest BCUT2D eigenvalue weighted by atomic mass is 127. The molecule has 31 heavy (non-hydrogen) atoms. The second kappa shape index (κ2) is 8.49. The van der Waals surface area contributed by atoms with Crippen molar-refractivity contribution in [3.05, 3.63) is 45.7 Å². The number of nitrogens with one attached hydrogen (secondary N) is 1. The molecule has 160 valence electrons. The van der Waals surface area contributed by atoms with Crippen molar-refractivity contribution in [3.8, 4) is 5.95 Å². The van der Waals surface area contributed by atoms with Gasteiger partial charge < -0.3 is 5.32 Å². The minimum atomic E-state index is -1.99. The number of thioether (sulfide) groups is 1. The summed E-state index contributed by atoms with van der Waals surface area (Å²) in [6.07, 6.45) is 0. The van der Waals surface area contributed by atoms with Gasteiger partial charge in [-0.25, -0.2) is 19.0 Å². The number of pyridine rings is 1. The van der Waals surface area contributed by atoms with Crippen LogP contribution in [0.5, 0.6) is 0 Å². The molecule has 4 aromatic rings. The van der Waals surface area contributed by atoms with Gasteiger partial charge in [0.15, 0.2) is 10.8 Å². The quantitative estimate of drug-likeness (QED) is 0.289. The third-order valence-electron chi connectivity index (χ3n) is 4.32. The number of carbonyl (C=O) groups is 1. The molecule has 3 aromatic heterocycles. The first-order valence-electron chi connectivity index (χ1n) is 9.22. The predicted octanol–water partition coefficient (Wildman–Crippen LogP) is 3.53. The Kier molecular flexibility index (Phi) is 5.92. The molecule has 0 saturated heterocycles. The summed E-state index contributed by atoms with van der Waals surface area (Å²) in [6, 6.07) is 11.2. The number of carbonyl (C=O) groups excluding carboxylic acids is 1. The van der Waals surface area contributed by atoms with Gasteiger partial charge in [-0.2, -0.15) is 0 Å². The molecule has 0 bridgehead atoms. The number of imidazole rings is 1. The van der Waals surface area contributed by atoms with Crippen LogP contribution in [0.3, 0.4) is 0 Å². The number of benzene rings is 1. The Hall–Kier alpha value is -2.61. The lowest BCUT2D eigenvalue weighted by Crippen LogP contribution is -2.32. The summed E-state index contributed by atoms with van der Waals surface area (Å²) in [5.74, 6) is 0.588. The van der Waals surface area contributed by atoms with Gasteiger partial charge in [0.25, 0.3) is 11.9 Å². The van der Waals surface area contributed by atoms with Crippen LogP contribution in [0.2, 0.25) is 0 Å². The van der Waals surface area contributed by atoms with Crippen LogP contribution in [0.15, 0.2) is 41.6 Å². The highest BCUT2D eigenvalue weighted by Gasteiger charge is 2.26. The van der Waals surface area contributed by atoms with E-state index in [0.717, 1.165) is 14.6 Å². The van der Waals surface area contributed by atoms with Crippen molar-refractivity contribution < 1.29 is 9.18 Å². The molecule has 0 spiro atoms. The van der Waals surface area contributed by atoms with Crippen molar-refractivity contribution in [1.29, 1.82) is 0 Å². The van der Waals surface area contributed by atoms with Gasteiger partial charge in [0.05, 0.1) is 16.7 Å². The second-order valence-electron chi connectivity index (χ2n) is 7.19. The number of anilines is 1. The fourth-order valence-electron chi connectivity index (χ4n) is 2.76. The summed E-state index contributed by atoms with van der Waals surface area (Å²) < 4.78 is 18.4. The Morgan fingerprint density at radius 3 is 2.77 bits per heavy atom. The van der Waals surface area contributed by atoms with Gasteiger partial charge in [-0.05, 0) is 77.2 Å². The molecule has 0 aliphatic rings. The van der Waals surface area contributed by atoms with Crippen LogP contribution >= 0.6 is 34.4 Å². The standard InChI is InChI=1S/C19H18FIN8OS/c1-19(2,20)16(30)24-15-6-4-5-12(22-15)10-31-18-23-13-8-7-11(21)9-14(13)29(18)17-25-26-27-28(17)3/h4-9H,10H2,1-3H3,(H,22,24,30). The van der Waals surface area contributed by atoms with E-state index in [-0.39, 0.29) is 0 Å². The largest absolute Gasteiger partial charge is 0.308 e. The minimum absolute atomic E-state index is 0.300. The fraction of sp³-hybridized carbons (Fsp3) is 0.263. The van der Waals surface area contributed by atoms with Crippen LogP contribution in [0.1, 0.15) is 19.5 Å². The highest BCUT2D eigenvalue weighted by molar-refractivity contribution is 14.1. The maximum Gasteiger partial charge on any atom is 0.262 e. The van der Waals surface area contributed by atoms with Gasteiger partial charge in [0, 0.05) is 16.4 Å². The molecule has 1 amide bonds. The van der Waals surface area contributed by atoms with E-state index < -0.39 is 11.6 Å². The summed E-state index contributed by atoms with van der Waals surface area (Å²) in [5.41, 5.74) is 0.444. The molecule has 0 aliphatic heterocycles. The van der Waals surface area contributed by atoms with Crippen molar-refractivity contribution in [2.24, 2.45) is 7.05 Å². The van der Waals surface area contributed by atoms with E-state index in [9.17, 15) is 9.18 Å². The second-order valence-corrected chi connectivity index (χ2v) is 9.38. The van der Waals surface area contributed by atoms with Crippen molar-refractivity contribution in [3.63, 3.8) is 0 Å². The van der Waals surface area contributed by atoms with Gasteiger partial charge >= 0.3 is 0 Å². The number of halogens is 2.